The lowest BCUT2D eigenvalue weighted by atomic mass is 10.2. The maximum Gasteiger partial charge on any atom is 0.387 e. The molecule has 1 aromatic carbocycles. The van der Waals surface area contributed by atoms with Gasteiger partial charge in [0.1, 0.15) is 5.75 Å². The Bertz CT molecular complexity index is 630. The van der Waals surface area contributed by atoms with Crippen LogP contribution in [0.4, 0.5) is 8.78 Å². The lowest BCUT2D eigenvalue weighted by Gasteiger charge is -2.11. The Morgan fingerprint density at radius 3 is 2.85 bits per heavy atom. The van der Waals surface area contributed by atoms with Crippen LogP contribution in [0.15, 0.2) is 32.8 Å². The van der Waals surface area contributed by atoms with Crippen LogP contribution in [0.3, 0.4) is 0 Å². The lowest BCUT2D eigenvalue weighted by Crippen LogP contribution is -2.15. The van der Waals surface area contributed by atoms with Gasteiger partial charge in [0.25, 0.3) is 0 Å². The van der Waals surface area contributed by atoms with E-state index in [1.165, 1.54) is 6.07 Å². The van der Waals surface area contributed by atoms with Crippen LogP contribution in [0, 0.1) is 0 Å². The monoisotopic (exact) mass is 364 g/mol. The molecule has 0 bridgehead atoms. The van der Waals surface area contributed by atoms with Crippen molar-refractivity contribution in [2.45, 2.75) is 19.7 Å². The molecule has 20 heavy (non-hydrogen) atoms. The van der Waals surface area contributed by atoms with Gasteiger partial charge in [-0.2, -0.15) is 8.78 Å². The standard InChI is InChI=1S/C12H11BrF2N2O2S/c13-8-1-2-10(19-11(14)15)7(3-8)4-16-5-9-6-20-12(18)17-9/h1-3,6,11,16H,4-5H2,(H,17,18). The number of alkyl halides is 2. The van der Waals surface area contributed by atoms with Crippen molar-refractivity contribution in [3.8, 4) is 5.75 Å². The van der Waals surface area contributed by atoms with Crippen molar-refractivity contribution in [1.82, 2.24) is 10.3 Å². The highest BCUT2D eigenvalue weighted by Gasteiger charge is 2.10. The summed E-state index contributed by atoms with van der Waals surface area (Å²) in [4.78, 5) is 13.5. The van der Waals surface area contributed by atoms with Crippen LogP contribution in [0.25, 0.3) is 0 Å². The number of nitrogens with one attached hydrogen (secondary N) is 2. The van der Waals surface area contributed by atoms with E-state index in [0.29, 0.717) is 18.7 Å². The fourth-order valence-corrected chi connectivity index (χ4v) is 2.62. The third kappa shape index (κ3) is 4.39. The van der Waals surface area contributed by atoms with E-state index in [-0.39, 0.29) is 10.6 Å². The summed E-state index contributed by atoms with van der Waals surface area (Å²) in [6.45, 7) is -2.07. The second-order valence-corrected chi connectivity index (χ2v) is 5.67. The Morgan fingerprint density at radius 1 is 1.40 bits per heavy atom. The molecule has 0 radical (unpaired) electrons. The van der Waals surface area contributed by atoms with E-state index < -0.39 is 6.61 Å². The average Bonchev–Trinajstić information content (AvgIpc) is 2.78. The zero-order valence-electron chi connectivity index (χ0n) is 10.2. The predicted octanol–water partition coefficient (Wildman–Crippen LogP) is 3.09. The van der Waals surface area contributed by atoms with Crippen LogP contribution in [0.5, 0.6) is 5.75 Å². The van der Waals surface area contributed by atoms with Gasteiger partial charge in [-0.3, -0.25) is 4.79 Å². The molecule has 2 rings (SSSR count). The Kier molecular flexibility index (Phi) is 5.27. The Morgan fingerprint density at radius 2 is 2.20 bits per heavy atom. The van der Waals surface area contributed by atoms with Crippen LogP contribution >= 0.6 is 27.3 Å². The molecule has 1 heterocycles. The second-order valence-electron chi connectivity index (χ2n) is 3.91. The highest BCUT2D eigenvalue weighted by Crippen LogP contribution is 2.24. The average molecular weight is 365 g/mol. The van der Waals surface area contributed by atoms with Gasteiger partial charge in [0.2, 0.25) is 0 Å². The Hall–Kier alpha value is -1.25. The summed E-state index contributed by atoms with van der Waals surface area (Å²) in [5.41, 5.74) is 1.36. The molecule has 8 heteroatoms. The van der Waals surface area contributed by atoms with E-state index >= 15 is 0 Å². The first-order valence-corrected chi connectivity index (χ1v) is 7.32. The van der Waals surface area contributed by atoms with Gasteiger partial charge < -0.3 is 15.0 Å². The molecule has 0 amide bonds. The number of H-pyrrole nitrogens is 1. The number of thiazole rings is 1. The maximum absolute atomic E-state index is 12.3. The molecule has 0 saturated carbocycles. The van der Waals surface area contributed by atoms with E-state index in [1.54, 1.807) is 17.5 Å². The van der Waals surface area contributed by atoms with Crippen LogP contribution in [0.2, 0.25) is 0 Å². The molecule has 0 aliphatic carbocycles. The normalized spacial score (nSPS) is 11.0. The summed E-state index contributed by atoms with van der Waals surface area (Å²) >= 11 is 4.37. The number of benzene rings is 1. The van der Waals surface area contributed by atoms with Crippen LogP contribution in [0.1, 0.15) is 11.3 Å². The van der Waals surface area contributed by atoms with Crippen molar-refractivity contribution in [3.63, 3.8) is 0 Å². The van der Waals surface area contributed by atoms with Crippen LogP contribution in [-0.4, -0.2) is 11.6 Å². The summed E-state index contributed by atoms with van der Waals surface area (Å²) in [7, 11) is 0. The molecule has 0 spiro atoms. The van der Waals surface area contributed by atoms with Gasteiger partial charge in [-0.1, -0.05) is 27.3 Å². The molecule has 0 fully saturated rings. The first-order chi connectivity index (χ1) is 9.54. The smallest absolute Gasteiger partial charge is 0.387 e. The molecule has 108 valence electrons. The van der Waals surface area contributed by atoms with Crippen molar-refractivity contribution in [2.24, 2.45) is 0 Å². The topological polar surface area (TPSA) is 54.1 Å². The molecule has 0 unspecified atom stereocenters. The van der Waals surface area contributed by atoms with E-state index in [0.717, 1.165) is 21.5 Å². The zero-order valence-corrected chi connectivity index (χ0v) is 12.6. The fourth-order valence-electron chi connectivity index (χ4n) is 1.63. The minimum absolute atomic E-state index is 0.119. The molecule has 4 nitrogen and oxygen atoms in total. The summed E-state index contributed by atoms with van der Waals surface area (Å²) in [5, 5.41) is 4.78. The van der Waals surface area contributed by atoms with E-state index in [2.05, 4.69) is 31.0 Å². The highest BCUT2D eigenvalue weighted by molar-refractivity contribution is 9.10. The Labute approximate surface area is 125 Å². The van der Waals surface area contributed by atoms with Crippen molar-refractivity contribution in [1.29, 1.82) is 0 Å². The molecular weight excluding hydrogens is 354 g/mol. The van der Waals surface area contributed by atoms with E-state index in [9.17, 15) is 13.6 Å². The summed E-state index contributed by atoms with van der Waals surface area (Å²) in [6.07, 6.45) is 0. The fraction of sp³-hybridized carbons (Fsp3) is 0.250. The van der Waals surface area contributed by atoms with Gasteiger partial charge in [-0.25, -0.2) is 0 Å². The maximum atomic E-state index is 12.3. The molecule has 2 aromatic rings. The number of rotatable bonds is 6. The lowest BCUT2D eigenvalue weighted by molar-refractivity contribution is -0.0505. The first kappa shape index (κ1) is 15.1. The number of ether oxygens (including phenoxy) is 1. The number of aromatic nitrogens is 1. The quantitative estimate of drug-likeness (QED) is 0.827. The third-order valence-electron chi connectivity index (χ3n) is 2.44. The summed E-state index contributed by atoms with van der Waals surface area (Å²) in [5.74, 6) is 0.134. The molecular formula is C12H11BrF2N2O2S. The van der Waals surface area contributed by atoms with Crippen LogP contribution < -0.4 is 14.9 Å². The SMILES string of the molecule is O=c1[nH]c(CNCc2cc(Br)ccc2OC(F)F)cs1. The minimum atomic E-state index is -2.86. The van der Waals surface area contributed by atoms with Gasteiger partial charge in [-0.05, 0) is 18.2 Å². The van der Waals surface area contributed by atoms with Crippen molar-refractivity contribution in [2.75, 3.05) is 0 Å². The largest absolute Gasteiger partial charge is 0.434 e. The Balaban J connectivity index is 2.00. The summed E-state index contributed by atoms with van der Waals surface area (Å²) in [6, 6.07) is 4.83. The zero-order chi connectivity index (χ0) is 14.5. The number of aromatic amines is 1. The number of hydrogen-bond donors (Lipinski definition) is 2. The highest BCUT2D eigenvalue weighted by atomic mass is 79.9. The first-order valence-electron chi connectivity index (χ1n) is 5.65. The molecule has 0 aliphatic rings. The van der Waals surface area contributed by atoms with Gasteiger partial charge in [-0.15, -0.1) is 0 Å². The van der Waals surface area contributed by atoms with Gasteiger partial charge >= 0.3 is 11.5 Å². The van der Waals surface area contributed by atoms with E-state index in [4.69, 9.17) is 0 Å². The minimum Gasteiger partial charge on any atom is -0.434 e. The summed E-state index contributed by atoms with van der Waals surface area (Å²) < 4.78 is 29.8. The predicted molar refractivity (Wildman–Crippen MR) is 76.3 cm³/mol. The van der Waals surface area contributed by atoms with Crippen molar-refractivity contribution >= 4 is 27.3 Å². The van der Waals surface area contributed by atoms with Gasteiger partial charge in [0.05, 0.1) is 0 Å². The molecule has 2 N–H and O–H groups in total. The molecule has 0 atom stereocenters. The van der Waals surface area contributed by atoms with Gasteiger partial charge in [0.15, 0.2) is 0 Å². The van der Waals surface area contributed by atoms with Crippen LogP contribution in [-0.2, 0) is 13.1 Å². The number of halogens is 3. The molecule has 0 saturated heterocycles. The molecule has 1 aromatic heterocycles. The second kappa shape index (κ2) is 6.96. The van der Waals surface area contributed by atoms with Crippen molar-refractivity contribution in [3.05, 3.63) is 49.0 Å². The van der Waals surface area contributed by atoms with Gasteiger partial charge in [0, 0.05) is 34.2 Å². The number of hydrogen-bond acceptors (Lipinski definition) is 4. The molecule has 0 aliphatic heterocycles. The van der Waals surface area contributed by atoms with Crippen molar-refractivity contribution < 1.29 is 13.5 Å². The third-order valence-corrected chi connectivity index (χ3v) is 3.65. The van der Waals surface area contributed by atoms with E-state index in [1.807, 2.05) is 0 Å².